The van der Waals surface area contributed by atoms with Crippen LogP contribution in [0.4, 0.5) is 4.39 Å². The van der Waals surface area contributed by atoms with Gasteiger partial charge in [-0.25, -0.2) is 9.37 Å². The average molecular weight is 348 g/mol. The van der Waals surface area contributed by atoms with Crippen molar-refractivity contribution in [2.75, 3.05) is 13.7 Å². The van der Waals surface area contributed by atoms with Crippen LogP contribution < -0.4 is 10.1 Å². The van der Waals surface area contributed by atoms with E-state index in [4.69, 9.17) is 16.3 Å². The summed E-state index contributed by atoms with van der Waals surface area (Å²) in [5.41, 5.74) is 1.60. The molecule has 0 radical (unpaired) electrons. The third-order valence-corrected chi connectivity index (χ3v) is 3.87. The van der Waals surface area contributed by atoms with Gasteiger partial charge in [0.15, 0.2) is 5.82 Å². The molecule has 0 spiro atoms. The quantitative estimate of drug-likeness (QED) is 0.744. The van der Waals surface area contributed by atoms with Crippen LogP contribution in [0.15, 0.2) is 36.4 Å². The number of hydrogen-bond donors (Lipinski definition) is 2. The van der Waals surface area contributed by atoms with Crippen LogP contribution in [0.1, 0.15) is 16.2 Å². The van der Waals surface area contributed by atoms with Gasteiger partial charge in [0.1, 0.15) is 11.6 Å². The van der Waals surface area contributed by atoms with Crippen molar-refractivity contribution < 1.29 is 13.9 Å². The fraction of sp³-hybridized carbons (Fsp3) is 0.176. The fourth-order valence-electron chi connectivity index (χ4n) is 2.36. The van der Waals surface area contributed by atoms with E-state index in [9.17, 15) is 9.18 Å². The normalized spacial score (nSPS) is 10.8. The lowest BCUT2D eigenvalue weighted by atomic mass is 10.2. The van der Waals surface area contributed by atoms with Crippen molar-refractivity contribution in [1.29, 1.82) is 0 Å². The molecule has 0 aliphatic carbocycles. The number of rotatable bonds is 5. The van der Waals surface area contributed by atoms with E-state index in [0.717, 1.165) is 22.6 Å². The number of imidazole rings is 1. The van der Waals surface area contributed by atoms with E-state index < -0.39 is 11.7 Å². The molecule has 2 aromatic carbocycles. The summed E-state index contributed by atoms with van der Waals surface area (Å²) in [5.74, 6) is 0.243. The van der Waals surface area contributed by atoms with Crippen LogP contribution in [0, 0.1) is 5.82 Å². The van der Waals surface area contributed by atoms with Gasteiger partial charge in [0, 0.05) is 19.0 Å². The van der Waals surface area contributed by atoms with Crippen molar-refractivity contribution in [2.45, 2.75) is 6.42 Å². The summed E-state index contributed by atoms with van der Waals surface area (Å²) in [6.45, 7) is 0.321. The molecule has 5 nitrogen and oxygen atoms in total. The molecule has 0 fully saturated rings. The molecule has 0 saturated heterocycles. The van der Waals surface area contributed by atoms with Gasteiger partial charge >= 0.3 is 0 Å². The number of carbonyl (C=O) groups is 1. The van der Waals surface area contributed by atoms with Crippen molar-refractivity contribution in [3.63, 3.8) is 0 Å². The Balaban J connectivity index is 1.64. The average Bonchev–Trinajstić information content (AvgIpc) is 2.98. The Labute approximate surface area is 142 Å². The number of ether oxygens (including phenoxy) is 1. The van der Waals surface area contributed by atoms with Crippen LogP contribution in [0.2, 0.25) is 5.02 Å². The lowest BCUT2D eigenvalue weighted by Crippen LogP contribution is -2.26. The molecule has 1 heterocycles. The van der Waals surface area contributed by atoms with Gasteiger partial charge in [-0.2, -0.15) is 0 Å². The molecule has 1 amide bonds. The zero-order valence-corrected chi connectivity index (χ0v) is 13.7. The van der Waals surface area contributed by atoms with E-state index in [1.807, 2.05) is 18.2 Å². The van der Waals surface area contributed by atoms with Crippen LogP contribution in [0.25, 0.3) is 11.0 Å². The Kier molecular flexibility index (Phi) is 4.66. The molecule has 0 atom stereocenters. The SMILES string of the molecule is COc1ccc2nc(CCNC(=O)c3cccc(Cl)c3F)[nH]c2c1. The summed E-state index contributed by atoms with van der Waals surface area (Å²) in [7, 11) is 1.60. The molecule has 0 aliphatic rings. The number of methoxy groups -OCH3 is 1. The number of hydrogen-bond acceptors (Lipinski definition) is 3. The number of halogens is 2. The van der Waals surface area contributed by atoms with Crippen molar-refractivity contribution in [1.82, 2.24) is 15.3 Å². The predicted octanol–water partition coefficient (Wildman–Crippen LogP) is 3.34. The standard InChI is InChI=1S/C17H15ClFN3O2/c1-24-10-5-6-13-14(9-10)22-15(21-13)7-8-20-17(23)11-3-2-4-12(18)16(11)19/h2-6,9H,7-8H2,1H3,(H,20,23)(H,21,22). The van der Waals surface area contributed by atoms with Crippen LogP contribution in [-0.4, -0.2) is 29.5 Å². The topological polar surface area (TPSA) is 67.0 Å². The summed E-state index contributed by atoms with van der Waals surface area (Å²) in [6, 6.07) is 9.86. The largest absolute Gasteiger partial charge is 0.497 e. The predicted molar refractivity (Wildman–Crippen MR) is 90.1 cm³/mol. The maximum absolute atomic E-state index is 13.8. The summed E-state index contributed by atoms with van der Waals surface area (Å²) >= 11 is 5.68. The van der Waals surface area contributed by atoms with Crippen molar-refractivity contribution in [3.8, 4) is 5.75 Å². The van der Waals surface area contributed by atoms with Gasteiger partial charge in [0.05, 0.1) is 28.7 Å². The first kappa shape index (κ1) is 16.3. The maximum atomic E-state index is 13.8. The van der Waals surface area contributed by atoms with Crippen molar-refractivity contribution >= 4 is 28.5 Å². The van der Waals surface area contributed by atoms with Crippen LogP contribution >= 0.6 is 11.6 Å². The second kappa shape index (κ2) is 6.88. The molecular weight excluding hydrogens is 333 g/mol. The maximum Gasteiger partial charge on any atom is 0.254 e. The Morgan fingerprint density at radius 2 is 2.21 bits per heavy atom. The third kappa shape index (κ3) is 3.33. The highest BCUT2D eigenvalue weighted by atomic mass is 35.5. The molecule has 3 aromatic rings. The lowest BCUT2D eigenvalue weighted by molar-refractivity contribution is 0.0950. The summed E-state index contributed by atoms with van der Waals surface area (Å²) in [6.07, 6.45) is 0.491. The highest BCUT2D eigenvalue weighted by molar-refractivity contribution is 6.31. The number of nitrogens with one attached hydrogen (secondary N) is 2. The van der Waals surface area contributed by atoms with E-state index in [0.29, 0.717) is 13.0 Å². The fourth-order valence-corrected chi connectivity index (χ4v) is 2.53. The molecule has 1 aromatic heterocycles. The molecule has 24 heavy (non-hydrogen) atoms. The number of aromatic amines is 1. The second-order valence-corrected chi connectivity index (χ2v) is 5.58. The zero-order chi connectivity index (χ0) is 17.1. The summed E-state index contributed by atoms with van der Waals surface area (Å²) in [4.78, 5) is 19.6. The molecule has 0 saturated carbocycles. The van der Waals surface area contributed by atoms with Gasteiger partial charge in [0.25, 0.3) is 5.91 Å². The van der Waals surface area contributed by atoms with Gasteiger partial charge in [-0.3, -0.25) is 4.79 Å². The molecule has 3 rings (SSSR count). The number of benzene rings is 2. The first-order valence-electron chi connectivity index (χ1n) is 7.33. The van der Waals surface area contributed by atoms with Crippen LogP contribution in [0.3, 0.4) is 0 Å². The molecule has 0 bridgehead atoms. The van der Waals surface area contributed by atoms with Gasteiger partial charge in [-0.05, 0) is 24.3 Å². The van der Waals surface area contributed by atoms with Crippen molar-refractivity contribution in [2.24, 2.45) is 0 Å². The zero-order valence-electron chi connectivity index (χ0n) is 12.9. The molecular formula is C17H15ClFN3O2. The molecule has 2 N–H and O–H groups in total. The molecule has 124 valence electrons. The van der Waals surface area contributed by atoms with Gasteiger partial charge in [-0.1, -0.05) is 17.7 Å². The summed E-state index contributed by atoms with van der Waals surface area (Å²) in [5, 5.41) is 2.59. The molecule has 0 unspecified atom stereocenters. The number of fused-ring (bicyclic) bond motifs is 1. The second-order valence-electron chi connectivity index (χ2n) is 5.17. The highest BCUT2D eigenvalue weighted by Crippen LogP contribution is 2.19. The number of H-pyrrole nitrogens is 1. The first-order chi connectivity index (χ1) is 11.6. The Bertz CT molecular complexity index is 895. The van der Waals surface area contributed by atoms with Gasteiger partial charge in [0.2, 0.25) is 0 Å². The van der Waals surface area contributed by atoms with E-state index in [-0.39, 0.29) is 10.6 Å². The lowest BCUT2D eigenvalue weighted by Gasteiger charge is -2.05. The number of amides is 1. The Hall–Kier alpha value is -2.60. The first-order valence-corrected chi connectivity index (χ1v) is 7.71. The van der Waals surface area contributed by atoms with Crippen LogP contribution in [-0.2, 0) is 6.42 Å². The number of carbonyl (C=O) groups excluding carboxylic acids is 1. The number of aromatic nitrogens is 2. The molecule has 0 aliphatic heterocycles. The smallest absolute Gasteiger partial charge is 0.254 e. The van der Waals surface area contributed by atoms with E-state index in [2.05, 4.69) is 15.3 Å². The van der Waals surface area contributed by atoms with E-state index >= 15 is 0 Å². The van der Waals surface area contributed by atoms with Gasteiger partial charge < -0.3 is 15.0 Å². The monoisotopic (exact) mass is 347 g/mol. The Morgan fingerprint density at radius 1 is 1.38 bits per heavy atom. The minimum atomic E-state index is -0.715. The van der Waals surface area contributed by atoms with Crippen molar-refractivity contribution in [3.05, 3.63) is 58.6 Å². The molecule has 7 heteroatoms. The van der Waals surface area contributed by atoms with E-state index in [1.165, 1.54) is 18.2 Å². The van der Waals surface area contributed by atoms with Crippen LogP contribution in [0.5, 0.6) is 5.75 Å². The summed E-state index contributed by atoms with van der Waals surface area (Å²) < 4.78 is 19.0. The Morgan fingerprint density at radius 3 is 3.00 bits per heavy atom. The minimum absolute atomic E-state index is 0.0724. The minimum Gasteiger partial charge on any atom is -0.497 e. The number of nitrogens with zero attached hydrogens (tertiary/aromatic N) is 1. The van der Waals surface area contributed by atoms with Gasteiger partial charge in [-0.15, -0.1) is 0 Å². The highest BCUT2D eigenvalue weighted by Gasteiger charge is 2.13. The third-order valence-electron chi connectivity index (χ3n) is 3.58. The van der Waals surface area contributed by atoms with E-state index in [1.54, 1.807) is 7.11 Å².